The van der Waals surface area contributed by atoms with Crippen LogP contribution < -0.4 is 21.3 Å². The molecular weight excluding hydrogens is 536 g/mol. The fourth-order valence-corrected chi connectivity index (χ4v) is 6.70. The Labute approximate surface area is 245 Å². The summed E-state index contributed by atoms with van der Waals surface area (Å²) < 4.78 is 11.0. The number of amides is 4. The van der Waals surface area contributed by atoms with Crippen LogP contribution >= 0.6 is 24.4 Å². The highest BCUT2D eigenvalue weighted by atomic mass is 32.2. The molecule has 226 valence electrons. The number of carbonyl (C=O) groups excluding carboxylic acids is 3. The first-order chi connectivity index (χ1) is 19.1. The molecule has 11 heteroatoms. The maximum Gasteiger partial charge on any atom is 0.315 e. The number of nitrogens with one attached hydrogen (secondary N) is 4. The summed E-state index contributed by atoms with van der Waals surface area (Å²) in [6, 6.07) is 0.430. The van der Waals surface area contributed by atoms with E-state index in [0.717, 1.165) is 43.6 Å². The van der Waals surface area contributed by atoms with Crippen LogP contribution in [0.3, 0.4) is 0 Å². The van der Waals surface area contributed by atoms with Crippen molar-refractivity contribution in [3.05, 3.63) is 0 Å². The largest absolute Gasteiger partial charge is 0.377 e. The van der Waals surface area contributed by atoms with E-state index in [1.807, 2.05) is 11.8 Å². The zero-order valence-corrected chi connectivity index (χ0v) is 25.4. The van der Waals surface area contributed by atoms with Crippen molar-refractivity contribution in [1.82, 2.24) is 21.3 Å². The fourth-order valence-electron chi connectivity index (χ4n) is 4.93. The van der Waals surface area contributed by atoms with Crippen molar-refractivity contribution < 1.29 is 23.9 Å². The Hall–Kier alpha value is -1.17. The molecule has 2 aliphatic heterocycles. The monoisotopic (exact) mass is 588 g/mol. The molecule has 2 heterocycles. The first kappa shape index (κ1) is 34.0. The van der Waals surface area contributed by atoms with Gasteiger partial charge in [-0.1, -0.05) is 51.4 Å². The molecule has 2 rings (SSSR count). The van der Waals surface area contributed by atoms with Crippen LogP contribution in [0.2, 0.25) is 0 Å². The number of thiol groups is 1. The van der Waals surface area contributed by atoms with Crippen LogP contribution in [-0.4, -0.2) is 86.2 Å². The van der Waals surface area contributed by atoms with Gasteiger partial charge in [0.25, 0.3) is 0 Å². The van der Waals surface area contributed by atoms with Gasteiger partial charge in [0.2, 0.25) is 11.8 Å². The van der Waals surface area contributed by atoms with Crippen LogP contribution in [0, 0.1) is 0 Å². The van der Waals surface area contributed by atoms with Gasteiger partial charge in [-0.15, -0.1) is 0 Å². The normalized spacial score (nSPS) is 19.9. The molecule has 4 N–H and O–H groups in total. The maximum absolute atomic E-state index is 12.0. The number of thioether (sulfide) groups is 1. The Morgan fingerprint density at radius 3 is 1.90 bits per heavy atom. The van der Waals surface area contributed by atoms with Crippen molar-refractivity contribution >= 4 is 42.2 Å². The van der Waals surface area contributed by atoms with E-state index in [1.54, 1.807) is 0 Å². The van der Waals surface area contributed by atoms with Gasteiger partial charge in [-0.25, -0.2) is 4.79 Å². The molecule has 0 aromatic heterocycles. The standard InChI is InChI=1S/C28H52N4O5S2/c33-25(13-8-6-4-2-1-3-5-7-11-21-38)29-15-17-36-19-20-37-18-16-30-26(34)14-10-9-12-24-27-23(22-39-24)31-28(35)32-27/h23-24,27,38H,1-22H2,(H,29,33)(H,30,34)(H2,31,32,35). The lowest BCUT2D eigenvalue weighted by molar-refractivity contribution is -0.122. The Bertz CT molecular complexity index is 688. The number of unbranched alkanes of at least 4 members (excludes halogenated alkanes) is 9. The van der Waals surface area contributed by atoms with E-state index in [1.165, 1.54) is 44.9 Å². The summed E-state index contributed by atoms with van der Waals surface area (Å²) in [6.07, 6.45) is 15.0. The lowest BCUT2D eigenvalue weighted by Crippen LogP contribution is -2.36. The first-order valence-electron chi connectivity index (χ1n) is 15.1. The van der Waals surface area contributed by atoms with Crippen LogP contribution in [0.5, 0.6) is 0 Å². The van der Waals surface area contributed by atoms with E-state index in [4.69, 9.17) is 9.47 Å². The summed E-state index contributed by atoms with van der Waals surface area (Å²) in [4.78, 5) is 35.3. The van der Waals surface area contributed by atoms with Crippen LogP contribution in [0.25, 0.3) is 0 Å². The SMILES string of the molecule is O=C(CCCCCCCCCCCS)NCCOCCOCCNC(=O)CCCCC1SCC2NC(=O)NC21. The Balaban J connectivity index is 1.26. The molecule has 2 fully saturated rings. The molecule has 2 aliphatic rings. The minimum absolute atomic E-state index is 0.0499. The molecule has 0 aromatic carbocycles. The van der Waals surface area contributed by atoms with Crippen LogP contribution in [-0.2, 0) is 19.1 Å². The number of urea groups is 1. The third-order valence-corrected chi connectivity index (χ3v) is 8.98. The number of fused-ring (bicyclic) bond motifs is 1. The number of rotatable bonds is 25. The van der Waals surface area contributed by atoms with Crippen molar-refractivity contribution in [2.75, 3.05) is 51.0 Å². The summed E-state index contributed by atoms with van der Waals surface area (Å²) in [7, 11) is 0. The van der Waals surface area contributed by atoms with Gasteiger partial charge in [0.05, 0.1) is 38.5 Å². The minimum atomic E-state index is -0.0549. The summed E-state index contributed by atoms with van der Waals surface area (Å²) >= 11 is 6.14. The predicted molar refractivity (Wildman–Crippen MR) is 162 cm³/mol. The molecule has 0 saturated carbocycles. The van der Waals surface area contributed by atoms with E-state index in [2.05, 4.69) is 33.9 Å². The second kappa shape index (κ2) is 22.5. The van der Waals surface area contributed by atoms with Gasteiger partial charge in [-0.2, -0.15) is 24.4 Å². The van der Waals surface area contributed by atoms with Crippen molar-refractivity contribution in [3.8, 4) is 0 Å². The number of hydrogen-bond acceptors (Lipinski definition) is 7. The zero-order chi connectivity index (χ0) is 28.0. The van der Waals surface area contributed by atoms with E-state index in [-0.39, 0.29) is 29.9 Å². The average molecular weight is 589 g/mol. The van der Waals surface area contributed by atoms with E-state index in [9.17, 15) is 14.4 Å². The van der Waals surface area contributed by atoms with Crippen LogP contribution in [0.1, 0.15) is 89.9 Å². The fraction of sp³-hybridized carbons (Fsp3) is 0.893. The molecule has 0 radical (unpaired) electrons. The van der Waals surface area contributed by atoms with Gasteiger partial charge in [0.15, 0.2) is 0 Å². The van der Waals surface area contributed by atoms with E-state index < -0.39 is 0 Å². The molecule has 2 saturated heterocycles. The molecule has 0 aromatic rings. The van der Waals surface area contributed by atoms with E-state index >= 15 is 0 Å². The molecule has 9 nitrogen and oxygen atoms in total. The van der Waals surface area contributed by atoms with Gasteiger partial charge in [-0.05, 0) is 31.4 Å². The highest BCUT2D eigenvalue weighted by molar-refractivity contribution is 8.00. The first-order valence-corrected chi connectivity index (χ1v) is 16.8. The summed E-state index contributed by atoms with van der Waals surface area (Å²) in [5, 5.41) is 12.2. The Morgan fingerprint density at radius 1 is 0.769 bits per heavy atom. The molecule has 3 atom stereocenters. The minimum Gasteiger partial charge on any atom is -0.377 e. The molecule has 3 unspecified atom stereocenters. The molecular formula is C28H52N4O5S2. The summed E-state index contributed by atoms with van der Waals surface area (Å²) in [6.45, 7) is 2.87. The quantitative estimate of drug-likeness (QED) is 0.0629. The molecule has 4 amide bonds. The maximum atomic E-state index is 12.0. The van der Waals surface area contributed by atoms with Gasteiger partial charge in [0, 0.05) is 36.9 Å². The third-order valence-electron chi connectivity index (χ3n) is 7.15. The van der Waals surface area contributed by atoms with Crippen LogP contribution in [0.4, 0.5) is 4.79 Å². The molecule has 0 spiro atoms. The highest BCUT2D eigenvalue weighted by Gasteiger charge is 2.42. The van der Waals surface area contributed by atoms with Gasteiger partial charge in [-0.3, -0.25) is 9.59 Å². The summed E-state index contributed by atoms with van der Waals surface area (Å²) in [5.41, 5.74) is 0. The highest BCUT2D eigenvalue weighted by Crippen LogP contribution is 2.33. The number of carbonyl (C=O) groups is 3. The summed E-state index contributed by atoms with van der Waals surface area (Å²) in [5.74, 6) is 2.11. The number of ether oxygens (including phenoxy) is 2. The second-order valence-corrected chi connectivity index (χ2v) is 12.2. The average Bonchev–Trinajstić information content (AvgIpc) is 3.47. The lowest BCUT2D eigenvalue weighted by Gasteiger charge is -2.16. The molecule has 0 bridgehead atoms. The van der Waals surface area contributed by atoms with Crippen molar-refractivity contribution in [1.29, 1.82) is 0 Å². The zero-order valence-electron chi connectivity index (χ0n) is 23.7. The smallest absolute Gasteiger partial charge is 0.315 e. The van der Waals surface area contributed by atoms with E-state index in [0.29, 0.717) is 57.6 Å². The Morgan fingerprint density at radius 2 is 1.31 bits per heavy atom. The van der Waals surface area contributed by atoms with Crippen molar-refractivity contribution in [3.63, 3.8) is 0 Å². The second-order valence-electron chi connectivity index (χ2n) is 10.4. The Kier molecular flexibility index (Phi) is 19.6. The third kappa shape index (κ3) is 16.6. The molecule has 0 aliphatic carbocycles. The van der Waals surface area contributed by atoms with Gasteiger partial charge < -0.3 is 30.7 Å². The van der Waals surface area contributed by atoms with Crippen molar-refractivity contribution in [2.45, 2.75) is 107 Å². The van der Waals surface area contributed by atoms with Gasteiger partial charge >= 0.3 is 6.03 Å². The van der Waals surface area contributed by atoms with Crippen LogP contribution in [0.15, 0.2) is 0 Å². The lowest BCUT2D eigenvalue weighted by atomic mass is 10.0. The number of hydrogen-bond donors (Lipinski definition) is 5. The molecule has 39 heavy (non-hydrogen) atoms. The predicted octanol–water partition coefficient (Wildman–Crippen LogP) is 3.81. The topological polar surface area (TPSA) is 118 Å². The van der Waals surface area contributed by atoms with Crippen molar-refractivity contribution in [2.24, 2.45) is 0 Å². The van der Waals surface area contributed by atoms with Gasteiger partial charge in [0.1, 0.15) is 0 Å².